The van der Waals surface area contributed by atoms with Crippen molar-refractivity contribution in [2.24, 2.45) is 16.3 Å². The van der Waals surface area contributed by atoms with Gasteiger partial charge in [-0.25, -0.2) is 9.79 Å². The third kappa shape index (κ3) is 7.12. The zero-order chi connectivity index (χ0) is 23.0. The van der Waals surface area contributed by atoms with Crippen molar-refractivity contribution in [1.82, 2.24) is 15.5 Å². The van der Waals surface area contributed by atoms with Gasteiger partial charge in [-0.3, -0.25) is 0 Å². The summed E-state index contributed by atoms with van der Waals surface area (Å²) in [6.45, 7) is 13.6. The van der Waals surface area contributed by atoms with Crippen LogP contribution < -0.4 is 16.0 Å². The molecule has 2 atom stereocenters. The molecule has 2 aliphatic heterocycles. The Morgan fingerprint density at radius 2 is 1.97 bits per heavy atom. The van der Waals surface area contributed by atoms with Crippen molar-refractivity contribution >= 4 is 17.7 Å². The van der Waals surface area contributed by atoms with Gasteiger partial charge in [-0.1, -0.05) is 32.9 Å². The molecule has 2 heterocycles. The minimum atomic E-state index is -0.0127. The van der Waals surface area contributed by atoms with Gasteiger partial charge in [0, 0.05) is 44.4 Å². The summed E-state index contributed by atoms with van der Waals surface area (Å²) in [6, 6.07) is 7.94. The van der Waals surface area contributed by atoms with Crippen molar-refractivity contribution in [3.8, 4) is 0 Å². The van der Waals surface area contributed by atoms with E-state index >= 15 is 0 Å². The van der Waals surface area contributed by atoms with Gasteiger partial charge >= 0.3 is 6.03 Å². The molecule has 0 aliphatic carbocycles. The normalized spacial score (nSPS) is 22.0. The van der Waals surface area contributed by atoms with E-state index in [2.05, 4.69) is 43.6 Å². The average Bonchev–Trinajstić information content (AvgIpc) is 3.31. The molecule has 178 valence electrons. The third-order valence-electron chi connectivity index (χ3n) is 6.17. The van der Waals surface area contributed by atoms with Crippen LogP contribution in [0.4, 0.5) is 10.5 Å². The van der Waals surface area contributed by atoms with Crippen molar-refractivity contribution < 1.29 is 9.53 Å². The Kier molecular flexibility index (Phi) is 8.79. The predicted molar refractivity (Wildman–Crippen MR) is 131 cm³/mol. The summed E-state index contributed by atoms with van der Waals surface area (Å²) < 4.78 is 6.12. The van der Waals surface area contributed by atoms with Gasteiger partial charge in [0.05, 0.1) is 12.6 Å². The van der Waals surface area contributed by atoms with Crippen molar-refractivity contribution in [1.29, 1.82) is 0 Å². The number of likely N-dealkylation sites (tertiary alicyclic amines) is 1. The zero-order valence-corrected chi connectivity index (χ0v) is 20.2. The number of amides is 2. The van der Waals surface area contributed by atoms with Crippen LogP contribution in [0, 0.1) is 11.3 Å². The lowest BCUT2D eigenvalue weighted by molar-refractivity contribution is -0.0835. The van der Waals surface area contributed by atoms with Crippen LogP contribution in [0.3, 0.4) is 0 Å². The second-order valence-corrected chi connectivity index (χ2v) is 9.96. The quantitative estimate of drug-likeness (QED) is 0.455. The maximum Gasteiger partial charge on any atom is 0.321 e. The Labute approximate surface area is 193 Å². The molecule has 3 N–H and O–H groups in total. The summed E-state index contributed by atoms with van der Waals surface area (Å²) >= 11 is 0. The number of nitrogens with one attached hydrogen (secondary N) is 3. The van der Waals surface area contributed by atoms with Gasteiger partial charge in [0.2, 0.25) is 0 Å². The van der Waals surface area contributed by atoms with E-state index in [9.17, 15) is 4.79 Å². The van der Waals surface area contributed by atoms with Gasteiger partial charge < -0.3 is 25.6 Å². The number of hydrogen-bond donors (Lipinski definition) is 3. The van der Waals surface area contributed by atoms with Gasteiger partial charge in [0.25, 0.3) is 0 Å². The number of carbonyl (C=O) groups excluding carboxylic acids is 1. The maximum atomic E-state index is 12.4. The summed E-state index contributed by atoms with van der Waals surface area (Å²) in [5.74, 6) is 1.29. The fourth-order valence-electron chi connectivity index (χ4n) is 4.62. The van der Waals surface area contributed by atoms with Crippen LogP contribution in [0.1, 0.15) is 58.9 Å². The molecule has 0 saturated carbocycles. The summed E-state index contributed by atoms with van der Waals surface area (Å²) in [5.41, 5.74) is 2.01. The summed E-state index contributed by atoms with van der Waals surface area (Å²) in [6.07, 6.45) is 4.72. The molecule has 2 fully saturated rings. The van der Waals surface area contributed by atoms with Crippen LogP contribution in [0.2, 0.25) is 0 Å². The molecule has 2 saturated heterocycles. The third-order valence-corrected chi connectivity index (χ3v) is 6.17. The van der Waals surface area contributed by atoms with E-state index in [-0.39, 0.29) is 17.6 Å². The number of guanidine groups is 1. The molecule has 1 aromatic rings. The molecule has 2 amide bonds. The highest BCUT2D eigenvalue weighted by atomic mass is 16.5. The zero-order valence-electron chi connectivity index (χ0n) is 20.2. The summed E-state index contributed by atoms with van der Waals surface area (Å²) in [5, 5.41) is 9.90. The fraction of sp³-hybridized carbons (Fsp3) is 0.680. The summed E-state index contributed by atoms with van der Waals surface area (Å²) in [4.78, 5) is 19.0. The first-order valence-electron chi connectivity index (χ1n) is 12.2. The lowest BCUT2D eigenvalue weighted by Gasteiger charge is -2.40. The Morgan fingerprint density at radius 3 is 2.69 bits per heavy atom. The van der Waals surface area contributed by atoms with Crippen molar-refractivity contribution in [2.45, 2.75) is 66.0 Å². The molecule has 1 aromatic carbocycles. The second kappa shape index (κ2) is 11.5. The average molecular weight is 444 g/mol. The Hall–Kier alpha value is -2.28. The molecule has 2 unspecified atom stereocenters. The van der Waals surface area contributed by atoms with Gasteiger partial charge in [-0.05, 0) is 55.7 Å². The van der Waals surface area contributed by atoms with Crippen LogP contribution in [-0.2, 0) is 11.3 Å². The molecule has 0 bridgehead atoms. The number of rotatable bonds is 6. The predicted octanol–water partition coefficient (Wildman–Crippen LogP) is 4.21. The van der Waals surface area contributed by atoms with E-state index in [4.69, 9.17) is 9.73 Å². The monoisotopic (exact) mass is 443 g/mol. The number of aliphatic imine (C=N–C) groups is 1. The van der Waals surface area contributed by atoms with E-state index in [0.717, 1.165) is 69.3 Å². The number of carbonyl (C=O) groups is 1. The Balaban J connectivity index is 1.58. The van der Waals surface area contributed by atoms with Crippen LogP contribution in [-0.4, -0.2) is 55.8 Å². The topological polar surface area (TPSA) is 78.0 Å². The molecule has 32 heavy (non-hydrogen) atoms. The fourth-order valence-corrected chi connectivity index (χ4v) is 4.62. The highest BCUT2D eigenvalue weighted by molar-refractivity contribution is 5.89. The lowest BCUT2D eigenvalue weighted by Crippen LogP contribution is -2.47. The van der Waals surface area contributed by atoms with Crippen LogP contribution >= 0.6 is 0 Å². The highest BCUT2D eigenvalue weighted by Gasteiger charge is 2.35. The van der Waals surface area contributed by atoms with Crippen LogP contribution in [0.15, 0.2) is 29.3 Å². The second-order valence-electron chi connectivity index (χ2n) is 9.96. The van der Waals surface area contributed by atoms with Gasteiger partial charge in [-0.15, -0.1) is 0 Å². The first kappa shape index (κ1) is 24.4. The Bertz CT molecular complexity index is 768. The van der Waals surface area contributed by atoms with Crippen LogP contribution in [0.25, 0.3) is 0 Å². The molecular weight excluding hydrogens is 402 g/mol. The molecule has 0 spiro atoms. The molecule has 0 radical (unpaired) electrons. The molecule has 0 aromatic heterocycles. The number of ether oxygens (including phenoxy) is 1. The number of urea groups is 1. The molecule has 7 heteroatoms. The number of nitrogens with zero attached hydrogens (tertiary/aromatic N) is 2. The molecule has 7 nitrogen and oxygen atoms in total. The smallest absolute Gasteiger partial charge is 0.321 e. The lowest BCUT2D eigenvalue weighted by atomic mass is 9.78. The minimum Gasteiger partial charge on any atom is -0.377 e. The van der Waals surface area contributed by atoms with Crippen molar-refractivity contribution in [3.05, 3.63) is 29.8 Å². The van der Waals surface area contributed by atoms with Crippen LogP contribution in [0.5, 0.6) is 0 Å². The standard InChI is InChI=1S/C25H41N5O2/c1-5-26-23(28-18-20-11-9-15-32-22(20)25(2,3)4)27-17-19-10-8-12-21(16-19)29-24(31)30-13-6-7-14-30/h8,10,12,16,20,22H,5-7,9,11,13-15,17-18H2,1-4H3,(H,29,31)(H2,26,27,28). The molecule has 3 rings (SSSR count). The van der Waals surface area contributed by atoms with Crippen molar-refractivity contribution in [2.75, 3.05) is 38.1 Å². The molecular formula is C25H41N5O2. The Morgan fingerprint density at radius 1 is 1.19 bits per heavy atom. The first-order chi connectivity index (χ1) is 15.4. The number of hydrogen-bond acceptors (Lipinski definition) is 3. The summed E-state index contributed by atoms with van der Waals surface area (Å²) in [7, 11) is 0. The van der Waals surface area contributed by atoms with E-state index < -0.39 is 0 Å². The highest BCUT2D eigenvalue weighted by Crippen LogP contribution is 2.33. The first-order valence-corrected chi connectivity index (χ1v) is 12.2. The van der Waals surface area contributed by atoms with E-state index in [1.807, 2.05) is 29.2 Å². The molecule has 2 aliphatic rings. The van der Waals surface area contributed by atoms with Gasteiger partial charge in [-0.2, -0.15) is 0 Å². The van der Waals surface area contributed by atoms with E-state index in [1.54, 1.807) is 0 Å². The number of benzene rings is 1. The number of anilines is 1. The largest absolute Gasteiger partial charge is 0.377 e. The minimum absolute atomic E-state index is 0.0127. The van der Waals surface area contributed by atoms with Crippen molar-refractivity contribution in [3.63, 3.8) is 0 Å². The SMILES string of the molecule is CCNC(=NCc1cccc(NC(=O)N2CCCC2)c1)NCC1CCCOC1C(C)(C)C. The maximum absolute atomic E-state index is 12.4. The van der Waals surface area contributed by atoms with Gasteiger partial charge in [0.1, 0.15) is 0 Å². The van der Waals surface area contributed by atoms with E-state index in [0.29, 0.717) is 12.5 Å². The van der Waals surface area contributed by atoms with Gasteiger partial charge in [0.15, 0.2) is 5.96 Å². The van der Waals surface area contributed by atoms with E-state index in [1.165, 1.54) is 6.42 Å².